The summed E-state index contributed by atoms with van der Waals surface area (Å²) in [6.07, 6.45) is 12.6. The number of ether oxygens (including phenoxy) is 2. The van der Waals surface area contributed by atoms with Crippen LogP contribution in [0.3, 0.4) is 0 Å². The standard InChI is InChI=1S/C31H43N3O5/c1-4-5-6-7-13-23(27-16-8-10-18-32-27)14-12-15-24(28-17-9-11-19-33-28)20-34-21-25(30(36)38-2)29(35)26(22-34)31(37)39-3/h8-11,16-19,23-26H,4-7,12-15,20-22H2,1-3H3. The summed E-state index contributed by atoms with van der Waals surface area (Å²) in [6, 6.07) is 12.1. The van der Waals surface area contributed by atoms with Crippen LogP contribution in [-0.4, -0.2) is 66.4 Å². The van der Waals surface area contributed by atoms with E-state index >= 15 is 0 Å². The monoisotopic (exact) mass is 537 g/mol. The van der Waals surface area contributed by atoms with Gasteiger partial charge in [0.15, 0.2) is 5.78 Å². The molecule has 0 N–H and O–H groups in total. The molecule has 0 saturated carbocycles. The Kier molecular flexibility index (Phi) is 12.5. The minimum atomic E-state index is -1.01. The van der Waals surface area contributed by atoms with E-state index in [1.165, 1.54) is 39.9 Å². The van der Waals surface area contributed by atoms with Gasteiger partial charge in [-0.05, 0) is 43.5 Å². The van der Waals surface area contributed by atoms with Crippen LogP contribution in [-0.2, 0) is 23.9 Å². The molecule has 0 spiro atoms. The Balaban J connectivity index is 1.72. The molecular weight excluding hydrogens is 494 g/mol. The second-order valence-electron chi connectivity index (χ2n) is 10.5. The first-order chi connectivity index (χ1) is 19.0. The van der Waals surface area contributed by atoms with E-state index in [1.54, 1.807) is 6.20 Å². The number of rotatable bonds is 15. The summed E-state index contributed by atoms with van der Waals surface area (Å²) in [4.78, 5) is 49.0. The van der Waals surface area contributed by atoms with Gasteiger partial charge in [-0.25, -0.2) is 0 Å². The Morgan fingerprint density at radius 2 is 1.36 bits per heavy atom. The average Bonchev–Trinajstić information content (AvgIpc) is 2.98. The SMILES string of the molecule is CCCCCCC(CCCC(CN1CC(C(=O)OC)C(=O)C(C(=O)OC)C1)c1ccccn1)c1ccccn1. The molecule has 39 heavy (non-hydrogen) atoms. The second-order valence-corrected chi connectivity index (χ2v) is 10.5. The molecule has 1 aliphatic rings. The summed E-state index contributed by atoms with van der Waals surface area (Å²) in [7, 11) is 2.53. The number of methoxy groups -OCH3 is 2. The molecule has 1 saturated heterocycles. The zero-order chi connectivity index (χ0) is 28.0. The maximum atomic E-state index is 12.9. The third-order valence-corrected chi connectivity index (χ3v) is 7.74. The number of carbonyl (C=O) groups excluding carboxylic acids is 3. The molecule has 0 bridgehead atoms. The van der Waals surface area contributed by atoms with Crippen molar-refractivity contribution in [2.24, 2.45) is 11.8 Å². The Hall–Kier alpha value is -3.13. The topological polar surface area (TPSA) is 98.7 Å². The average molecular weight is 538 g/mol. The van der Waals surface area contributed by atoms with Crippen molar-refractivity contribution < 1.29 is 23.9 Å². The minimum absolute atomic E-state index is 0.0838. The van der Waals surface area contributed by atoms with E-state index in [1.807, 2.05) is 35.4 Å². The number of nitrogens with zero attached hydrogens (tertiary/aromatic N) is 3. The van der Waals surface area contributed by atoms with Gasteiger partial charge in [0.25, 0.3) is 0 Å². The quantitative estimate of drug-likeness (QED) is 0.179. The van der Waals surface area contributed by atoms with E-state index < -0.39 is 29.6 Å². The molecule has 1 aliphatic heterocycles. The van der Waals surface area contributed by atoms with Gasteiger partial charge in [0, 0.05) is 55.3 Å². The zero-order valence-corrected chi connectivity index (χ0v) is 23.6. The number of carbonyl (C=O) groups is 3. The van der Waals surface area contributed by atoms with Gasteiger partial charge >= 0.3 is 11.9 Å². The lowest BCUT2D eigenvalue weighted by atomic mass is 9.85. The number of Topliss-reactive ketones (excluding diaryl/α,β-unsaturated/α-hetero) is 1. The molecule has 0 aliphatic carbocycles. The molecule has 8 heteroatoms. The van der Waals surface area contributed by atoms with Gasteiger partial charge < -0.3 is 14.4 Å². The fourth-order valence-corrected chi connectivity index (χ4v) is 5.58. The van der Waals surface area contributed by atoms with Crippen LogP contribution < -0.4 is 0 Å². The number of ketones is 1. The van der Waals surface area contributed by atoms with Gasteiger partial charge in [0.05, 0.1) is 14.2 Å². The second kappa shape index (κ2) is 16.1. The van der Waals surface area contributed by atoms with Crippen LogP contribution >= 0.6 is 0 Å². The summed E-state index contributed by atoms with van der Waals surface area (Å²) in [5.41, 5.74) is 2.12. The lowest BCUT2D eigenvalue weighted by molar-refractivity contribution is -0.160. The first kappa shape index (κ1) is 30.4. The Labute approximate surface area is 232 Å². The van der Waals surface area contributed by atoms with Crippen LogP contribution in [0.15, 0.2) is 48.8 Å². The van der Waals surface area contributed by atoms with Gasteiger partial charge in [-0.1, -0.05) is 51.2 Å². The molecule has 8 nitrogen and oxygen atoms in total. The van der Waals surface area contributed by atoms with E-state index in [0.29, 0.717) is 12.5 Å². The third kappa shape index (κ3) is 8.95. The van der Waals surface area contributed by atoms with Crippen molar-refractivity contribution >= 4 is 17.7 Å². The summed E-state index contributed by atoms with van der Waals surface area (Å²) >= 11 is 0. The zero-order valence-electron chi connectivity index (χ0n) is 23.6. The number of esters is 2. The van der Waals surface area contributed by atoms with Crippen molar-refractivity contribution in [3.05, 3.63) is 60.2 Å². The first-order valence-corrected chi connectivity index (χ1v) is 14.2. The first-order valence-electron chi connectivity index (χ1n) is 14.2. The van der Waals surface area contributed by atoms with Crippen molar-refractivity contribution in [1.29, 1.82) is 0 Å². The Bertz CT molecular complexity index is 1010. The summed E-state index contributed by atoms with van der Waals surface area (Å²) < 4.78 is 9.77. The summed E-state index contributed by atoms with van der Waals surface area (Å²) in [5, 5.41) is 0. The number of hydrogen-bond donors (Lipinski definition) is 0. The van der Waals surface area contributed by atoms with Gasteiger partial charge in [-0.15, -0.1) is 0 Å². The van der Waals surface area contributed by atoms with Crippen molar-refractivity contribution in [3.63, 3.8) is 0 Å². The number of piperidine rings is 1. The predicted molar refractivity (Wildman–Crippen MR) is 149 cm³/mol. The molecule has 1 fully saturated rings. The molecule has 3 heterocycles. The lowest BCUT2D eigenvalue weighted by Crippen LogP contribution is -2.53. The van der Waals surface area contributed by atoms with Crippen LogP contribution in [0.2, 0.25) is 0 Å². The van der Waals surface area contributed by atoms with Gasteiger partial charge in [0.2, 0.25) is 0 Å². The fraction of sp³-hybridized carbons (Fsp3) is 0.581. The maximum Gasteiger partial charge on any atom is 0.317 e. The van der Waals surface area contributed by atoms with Crippen molar-refractivity contribution in [2.75, 3.05) is 33.9 Å². The molecule has 0 aromatic carbocycles. The summed E-state index contributed by atoms with van der Waals surface area (Å²) in [5.74, 6) is -3.18. The normalized spacial score (nSPS) is 19.3. The van der Waals surface area contributed by atoms with Crippen molar-refractivity contribution in [3.8, 4) is 0 Å². The largest absolute Gasteiger partial charge is 0.468 e. The third-order valence-electron chi connectivity index (χ3n) is 7.74. The molecule has 0 radical (unpaired) electrons. The van der Waals surface area contributed by atoms with Crippen LogP contribution in [0.4, 0.5) is 0 Å². The van der Waals surface area contributed by atoms with Gasteiger partial charge in [-0.3, -0.25) is 24.4 Å². The molecule has 4 atom stereocenters. The highest BCUT2D eigenvalue weighted by Gasteiger charge is 2.44. The molecule has 212 valence electrons. The highest BCUT2D eigenvalue weighted by Crippen LogP contribution is 2.31. The smallest absolute Gasteiger partial charge is 0.317 e. The van der Waals surface area contributed by atoms with Crippen LogP contribution in [0.25, 0.3) is 0 Å². The number of likely N-dealkylation sites (tertiary alicyclic amines) is 1. The minimum Gasteiger partial charge on any atom is -0.468 e. The summed E-state index contributed by atoms with van der Waals surface area (Å²) in [6.45, 7) is 3.25. The highest BCUT2D eigenvalue weighted by atomic mass is 16.5. The van der Waals surface area contributed by atoms with Crippen LogP contribution in [0.5, 0.6) is 0 Å². The van der Waals surface area contributed by atoms with Crippen LogP contribution in [0.1, 0.15) is 81.5 Å². The van der Waals surface area contributed by atoms with E-state index in [2.05, 4.69) is 29.0 Å². The molecule has 3 rings (SSSR count). The number of unbranched alkanes of at least 4 members (excludes halogenated alkanes) is 3. The molecular formula is C31H43N3O5. The van der Waals surface area contributed by atoms with Crippen molar-refractivity contribution in [1.82, 2.24) is 14.9 Å². The molecule has 2 aromatic rings. The van der Waals surface area contributed by atoms with E-state index in [9.17, 15) is 14.4 Å². The van der Waals surface area contributed by atoms with Gasteiger partial charge in [-0.2, -0.15) is 0 Å². The van der Waals surface area contributed by atoms with E-state index in [-0.39, 0.29) is 19.0 Å². The predicted octanol–water partition coefficient (Wildman–Crippen LogP) is 4.95. The molecule has 4 unspecified atom stereocenters. The highest BCUT2D eigenvalue weighted by molar-refractivity contribution is 6.09. The molecule has 2 aromatic heterocycles. The van der Waals surface area contributed by atoms with E-state index in [4.69, 9.17) is 9.47 Å². The number of hydrogen-bond acceptors (Lipinski definition) is 8. The maximum absolute atomic E-state index is 12.9. The van der Waals surface area contributed by atoms with Crippen molar-refractivity contribution in [2.45, 2.75) is 70.1 Å². The van der Waals surface area contributed by atoms with E-state index in [0.717, 1.165) is 37.1 Å². The number of pyridine rings is 2. The Morgan fingerprint density at radius 3 is 1.87 bits per heavy atom. The van der Waals surface area contributed by atoms with Crippen LogP contribution in [0, 0.1) is 11.8 Å². The van der Waals surface area contributed by atoms with Gasteiger partial charge in [0.1, 0.15) is 11.8 Å². The lowest BCUT2D eigenvalue weighted by Gasteiger charge is -2.36. The number of aromatic nitrogens is 2. The molecule has 0 amide bonds. The Morgan fingerprint density at radius 1 is 0.821 bits per heavy atom. The fourth-order valence-electron chi connectivity index (χ4n) is 5.58.